The molecule has 0 spiro atoms. The summed E-state index contributed by atoms with van der Waals surface area (Å²) in [5.74, 6) is 0.0572. The van der Waals surface area contributed by atoms with Gasteiger partial charge in [0.2, 0.25) is 0 Å². The van der Waals surface area contributed by atoms with E-state index in [9.17, 15) is 20.1 Å². The topological polar surface area (TPSA) is 154 Å². The van der Waals surface area contributed by atoms with Crippen LogP contribution < -0.4 is 26.1 Å². The largest absolute Gasteiger partial charge is 0.490 e. The first kappa shape index (κ1) is 23.9. The highest BCUT2D eigenvalue weighted by atomic mass is 16.5. The number of pyridine rings is 1. The number of ether oxygens (including phenoxy) is 2. The second-order valence-corrected chi connectivity index (χ2v) is 7.67. The number of aromatic amines is 1. The van der Waals surface area contributed by atoms with Crippen molar-refractivity contribution in [3.05, 3.63) is 82.1 Å². The zero-order valence-electron chi connectivity index (χ0n) is 19.3. The van der Waals surface area contributed by atoms with Gasteiger partial charge in [0.1, 0.15) is 29.1 Å². The maximum Gasteiger partial charge on any atom is 0.268 e. The molecule has 9 heteroatoms. The van der Waals surface area contributed by atoms with E-state index in [0.29, 0.717) is 11.3 Å². The highest BCUT2D eigenvalue weighted by molar-refractivity contribution is 6.02. The molecule has 0 atom stereocenters. The highest BCUT2D eigenvalue weighted by Crippen LogP contribution is 2.36. The summed E-state index contributed by atoms with van der Waals surface area (Å²) in [5.41, 5.74) is 5.98. The Hall–Kier alpha value is -5.28. The van der Waals surface area contributed by atoms with Gasteiger partial charge in [0.25, 0.3) is 11.5 Å². The molecular formula is C27H21N5O4. The van der Waals surface area contributed by atoms with Crippen LogP contribution in [-0.2, 0) is 4.79 Å². The molecule has 0 fully saturated rings. The van der Waals surface area contributed by atoms with Crippen molar-refractivity contribution in [3.8, 4) is 34.8 Å². The minimum Gasteiger partial charge on any atom is -0.490 e. The van der Waals surface area contributed by atoms with Crippen LogP contribution in [-0.4, -0.2) is 24.1 Å². The third-order valence-corrected chi connectivity index (χ3v) is 5.42. The lowest BCUT2D eigenvalue weighted by Gasteiger charge is -2.15. The van der Waals surface area contributed by atoms with Crippen molar-refractivity contribution in [2.75, 3.05) is 24.3 Å². The number of fused-ring (bicyclic) bond motifs is 1. The van der Waals surface area contributed by atoms with E-state index < -0.39 is 5.56 Å². The summed E-state index contributed by atoms with van der Waals surface area (Å²) in [4.78, 5) is 27.2. The van der Waals surface area contributed by atoms with Gasteiger partial charge in [0, 0.05) is 16.6 Å². The van der Waals surface area contributed by atoms with Gasteiger partial charge < -0.3 is 25.5 Å². The van der Waals surface area contributed by atoms with E-state index in [4.69, 9.17) is 15.2 Å². The number of hydrogen-bond donors (Lipinski definition) is 3. The van der Waals surface area contributed by atoms with E-state index in [1.165, 1.54) is 6.07 Å². The van der Waals surface area contributed by atoms with Crippen LogP contribution in [0.4, 0.5) is 11.5 Å². The number of anilines is 2. The summed E-state index contributed by atoms with van der Waals surface area (Å²) < 4.78 is 11.4. The first-order valence-corrected chi connectivity index (χ1v) is 11.0. The second-order valence-electron chi connectivity index (χ2n) is 7.67. The SMILES string of the molecule is CCOc1cc(-c2c(C#N)c(N)[nH]c(=O)c2C#N)ccc1OCC(=O)Nc1cccc2ccccc12. The fourth-order valence-corrected chi connectivity index (χ4v) is 3.85. The molecule has 0 saturated heterocycles. The number of nitrogens with two attached hydrogens (primary N) is 1. The van der Waals surface area contributed by atoms with Gasteiger partial charge in [-0.25, -0.2) is 0 Å². The van der Waals surface area contributed by atoms with Crippen molar-refractivity contribution in [1.82, 2.24) is 4.98 Å². The third-order valence-electron chi connectivity index (χ3n) is 5.42. The molecule has 0 unspecified atom stereocenters. The normalized spacial score (nSPS) is 10.3. The Labute approximate surface area is 206 Å². The molecule has 0 bridgehead atoms. The number of hydrogen-bond acceptors (Lipinski definition) is 7. The monoisotopic (exact) mass is 479 g/mol. The Balaban J connectivity index is 1.61. The second kappa shape index (κ2) is 10.3. The number of amides is 1. The number of carbonyl (C=O) groups excluding carboxylic acids is 1. The van der Waals surface area contributed by atoms with E-state index in [0.717, 1.165) is 10.8 Å². The van der Waals surface area contributed by atoms with Crippen LogP contribution in [0.15, 0.2) is 65.5 Å². The molecule has 1 aromatic heterocycles. The van der Waals surface area contributed by atoms with Crippen molar-refractivity contribution < 1.29 is 14.3 Å². The maximum atomic E-state index is 12.6. The van der Waals surface area contributed by atoms with Gasteiger partial charge in [-0.2, -0.15) is 10.5 Å². The Morgan fingerprint density at radius 1 is 1.00 bits per heavy atom. The van der Waals surface area contributed by atoms with Crippen molar-refractivity contribution in [3.63, 3.8) is 0 Å². The third kappa shape index (κ3) is 4.67. The lowest BCUT2D eigenvalue weighted by molar-refractivity contribution is -0.118. The summed E-state index contributed by atoms with van der Waals surface area (Å²) in [6, 6.07) is 21.8. The van der Waals surface area contributed by atoms with Crippen molar-refractivity contribution in [2.24, 2.45) is 0 Å². The van der Waals surface area contributed by atoms with Gasteiger partial charge in [0.05, 0.1) is 6.61 Å². The minimum absolute atomic E-state index is 0.0308. The molecule has 1 amide bonds. The molecule has 4 rings (SSSR count). The molecule has 1 heterocycles. The number of rotatable bonds is 7. The summed E-state index contributed by atoms with van der Waals surface area (Å²) in [5, 5.41) is 23.8. The molecule has 36 heavy (non-hydrogen) atoms. The molecule has 0 radical (unpaired) electrons. The number of aromatic nitrogens is 1. The van der Waals surface area contributed by atoms with Gasteiger partial charge in [-0.05, 0) is 36.1 Å². The molecule has 3 aromatic carbocycles. The first-order valence-electron chi connectivity index (χ1n) is 11.0. The lowest BCUT2D eigenvalue weighted by atomic mass is 9.96. The molecule has 0 aliphatic heterocycles. The average molecular weight is 479 g/mol. The highest BCUT2D eigenvalue weighted by Gasteiger charge is 2.20. The Morgan fingerprint density at radius 2 is 1.75 bits per heavy atom. The zero-order valence-corrected chi connectivity index (χ0v) is 19.3. The van der Waals surface area contributed by atoms with Gasteiger partial charge >= 0.3 is 0 Å². The predicted molar refractivity (Wildman–Crippen MR) is 136 cm³/mol. The van der Waals surface area contributed by atoms with E-state index in [-0.39, 0.29) is 53.1 Å². The van der Waals surface area contributed by atoms with Gasteiger partial charge in [-0.3, -0.25) is 9.59 Å². The van der Waals surface area contributed by atoms with Crippen LogP contribution in [0.5, 0.6) is 11.5 Å². The molecule has 0 aliphatic carbocycles. The van der Waals surface area contributed by atoms with Gasteiger partial charge in [0.15, 0.2) is 18.1 Å². The number of nitrogen functional groups attached to an aromatic ring is 1. The van der Waals surface area contributed by atoms with Crippen LogP contribution in [0.25, 0.3) is 21.9 Å². The number of H-pyrrole nitrogens is 1. The fraction of sp³-hybridized carbons (Fsp3) is 0.111. The van der Waals surface area contributed by atoms with Crippen molar-refractivity contribution in [2.45, 2.75) is 6.92 Å². The lowest BCUT2D eigenvalue weighted by Crippen LogP contribution is -2.20. The fourth-order valence-electron chi connectivity index (χ4n) is 3.85. The first-order chi connectivity index (χ1) is 17.5. The molecular weight excluding hydrogens is 458 g/mol. The Kier molecular flexibility index (Phi) is 6.85. The molecule has 4 aromatic rings. The van der Waals surface area contributed by atoms with Gasteiger partial charge in [-0.15, -0.1) is 0 Å². The van der Waals surface area contributed by atoms with Crippen LogP contribution in [0, 0.1) is 22.7 Å². The molecule has 9 nitrogen and oxygen atoms in total. The smallest absolute Gasteiger partial charge is 0.268 e. The predicted octanol–water partition coefficient (Wildman–Crippen LogP) is 3.94. The van der Waals surface area contributed by atoms with E-state index in [2.05, 4.69) is 10.3 Å². The van der Waals surface area contributed by atoms with Crippen LogP contribution in [0.3, 0.4) is 0 Å². The summed E-state index contributed by atoms with van der Waals surface area (Å²) in [6.07, 6.45) is 0. The number of benzene rings is 3. The van der Waals surface area contributed by atoms with Crippen molar-refractivity contribution in [1.29, 1.82) is 10.5 Å². The summed E-state index contributed by atoms with van der Waals surface area (Å²) >= 11 is 0. The molecule has 4 N–H and O–H groups in total. The van der Waals surface area contributed by atoms with E-state index >= 15 is 0 Å². The standard InChI is InChI=1S/C27H21N5O4/c1-2-35-23-12-17(25-19(13-28)26(30)32-27(34)20(25)14-29)10-11-22(23)36-15-24(33)31-21-9-5-7-16-6-3-4-8-18(16)21/h3-12H,2,15H2,1H3,(H,31,33)(H3,30,32,34). The van der Waals surface area contributed by atoms with Crippen LogP contribution >= 0.6 is 0 Å². The minimum atomic E-state index is -0.701. The zero-order chi connectivity index (χ0) is 25.7. The summed E-state index contributed by atoms with van der Waals surface area (Å²) in [6.45, 7) is 1.78. The molecule has 0 saturated carbocycles. The van der Waals surface area contributed by atoms with Crippen LogP contribution in [0.2, 0.25) is 0 Å². The quantitative estimate of drug-likeness (QED) is 0.363. The van der Waals surface area contributed by atoms with Crippen LogP contribution in [0.1, 0.15) is 18.1 Å². The van der Waals surface area contributed by atoms with Crippen molar-refractivity contribution >= 4 is 28.2 Å². The van der Waals surface area contributed by atoms with E-state index in [1.54, 1.807) is 19.1 Å². The maximum absolute atomic E-state index is 12.6. The molecule has 178 valence electrons. The summed E-state index contributed by atoms with van der Waals surface area (Å²) in [7, 11) is 0. The van der Waals surface area contributed by atoms with Gasteiger partial charge in [-0.1, -0.05) is 42.5 Å². The number of nitrogens with one attached hydrogen (secondary N) is 2. The molecule has 0 aliphatic rings. The number of nitriles is 2. The van der Waals surface area contributed by atoms with E-state index in [1.807, 2.05) is 54.6 Å². The Morgan fingerprint density at radius 3 is 2.50 bits per heavy atom. The average Bonchev–Trinajstić information content (AvgIpc) is 2.88. The number of carbonyl (C=O) groups is 1. The number of nitrogens with zero attached hydrogens (tertiary/aromatic N) is 2. The Bertz CT molecular complexity index is 1610.